The summed E-state index contributed by atoms with van der Waals surface area (Å²) in [5, 5.41) is 0.139. The maximum Gasteiger partial charge on any atom is 0.244 e. The highest BCUT2D eigenvalue weighted by Crippen LogP contribution is 2.25. The van der Waals surface area contributed by atoms with Crippen LogP contribution in [0.1, 0.15) is 30.0 Å². The SMILES string of the molecule is Cc1cc(C(C)NS(=O)(=O)c2cnccc2Cl)c(C)o1. The number of pyridine rings is 1. The Kier molecular flexibility index (Phi) is 4.17. The highest BCUT2D eigenvalue weighted by atomic mass is 35.5. The smallest absolute Gasteiger partial charge is 0.244 e. The molecule has 0 spiro atoms. The van der Waals surface area contributed by atoms with Crippen LogP contribution in [0.25, 0.3) is 0 Å². The number of hydrogen-bond acceptors (Lipinski definition) is 4. The second-order valence-electron chi connectivity index (χ2n) is 4.52. The largest absolute Gasteiger partial charge is 0.466 e. The highest BCUT2D eigenvalue weighted by molar-refractivity contribution is 7.89. The molecule has 5 nitrogen and oxygen atoms in total. The number of aromatic nitrogens is 1. The number of sulfonamides is 1. The molecule has 0 aliphatic carbocycles. The Morgan fingerprint density at radius 1 is 1.40 bits per heavy atom. The van der Waals surface area contributed by atoms with Crippen LogP contribution in [0, 0.1) is 13.8 Å². The molecule has 1 N–H and O–H groups in total. The van der Waals surface area contributed by atoms with E-state index in [4.69, 9.17) is 16.0 Å². The van der Waals surface area contributed by atoms with Gasteiger partial charge >= 0.3 is 0 Å². The molecule has 20 heavy (non-hydrogen) atoms. The lowest BCUT2D eigenvalue weighted by atomic mass is 10.1. The van der Waals surface area contributed by atoms with E-state index in [-0.39, 0.29) is 9.92 Å². The molecular weight excluding hydrogens is 300 g/mol. The summed E-state index contributed by atoms with van der Waals surface area (Å²) in [5.41, 5.74) is 0.797. The molecule has 2 aromatic rings. The molecule has 7 heteroatoms. The molecular formula is C13H15ClN2O3S. The second kappa shape index (κ2) is 5.55. The van der Waals surface area contributed by atoms with Crippen molar-refractivity contribution in [3.05, 3.63) is 46.6 Å². The minimum atomic E-state index is -3.73. The molecule has 2 rings (SSSR count). The van der Waals surface area contributed by atoms with Gasteiger partial charge in [-0.15, -0.1) is 0 Å². The molecule has 2 heterocycles. The van der Waals surface area contributed by atoms with Crippen LogP contribution in [0.5, 0.6) is 0 Å². The topological polar surface area (TPSA) is 72.2 Å². The zero-order valence-electron chi connectivity index (χ0n) is 11.3. The first kappa shape index (κ1) is 15.0. The van der Waals surface area contributed by atoms with Crippen LogP contribution in [0.4, 0.5) is 0 Å². The van der Waals surface area contributed by atoms with Gasteiger partial charge in [-0.25, -0.2) is 13.1 Å². The van der Waals surface area contributed by atoms with Crippen molar-refractivity contribution in [2.45, 2.75) is 31.7 Å². The minimum absolute atomic E-state index is 0.0358. The quantitative estimate of drug-likeness (QED) is 0.941. The predicted molar refractivity (Wildman–Crippen MR) is 76.2 cm³/mol. The maximum atomic E-state index is 12.3. The first-order chi connectivity index (χ1) is 9.31. The van der Waals surface area contributed by atoms with Crippen molar-refractivity contribution in [3.8, 4) is 0 Å². The summed E-state index contributed by atoms with van der Waals surface area (Å²) in [6.45, 7) is 5.36. The fourth-order valence-corrected chi connectivity index (χ4v) is 3.65. The Balaban J connectivity index is 2.29. The summed E-state index contributed by atoms with van der Waals surface area (Å²) in [7, 11) is -3.73. The van der Waals surface area contributed by atoms with Gasteiger partial charge in [0.05, 0.1) is 5.02 Å². The van der Waals surface area contributed by atoms with Gasteiger partial charge in [-0.2, -0.15) is 0 Å². The minimum Gasteiger partial charge on any atom is -0.466 e. The zero-order valence-corrected chi connectivity index (χ0v) is 12.9. The Hall–Kier alpha value is -1.37. The maximum absolute atomic E-state index is 12.3. The monoisotopic (exact) mass is 314 g/mol. The fraction of sp³-hybridized carbons (Fsp3) is 0.308. The molecule has 1 atom stereocenters. The van der Waals surface area contributed by atoms with Crippen LogP contribution in [-0.4, -0.2) is 13.4 Å². The average Bonchev–Trinajstić information content (AvgIpc) is 2.68. The molecule has 0 bridgehead atoms. The van der Waals surface area contributed by atoms with Gasteiger partial charge in [0, 0.05) is 24.0 Å². The van der Waals surface area contributed by atoms with Crippen molar-refractivity contribution in [2.75, 3.05) is 0 Å². The Morgan fingerprint density at radius 2 is 2.10 bits per heavy atom. The van der Waals surface area contributed by atoms with E-state index in [1.807, 2.05) is 13.0 Å². The number of hydrogen-bond donors (Lipinski definition) is 1. The highest BCUT2D eigenvalue weighted by Gasteiger charge is 2.23. The molecule has 0 saturated heterocycles. The molecule has 0 radical (unpaired) electrons. The van der Waals surface area contributed by atoms with Crippen molar-refractivity contribution in [1.29, 1.82) is 0 Å². The molecule has 1 unspecified atom stereocenters. The van der Waals surface area contributed by atoms with E-state index in [0.29, 0.717) is 5.76 Å². The standard InChI is InChI=1S/C13H15ClN2O3S/c1-8-6-11(10(3)19-8)9(2)16-20(17,18)13-7-15-5-4-12(13)14/h4-7,9,16H,1-3H3. The number of furan rings is 1. The molecule has 0 aliphatic heterocycles. The van der Waals surface area contributed by atoms with Gasteiger partial charge in [0.2, 0.25) is 10.0 Å². The van der Waals surface area contributed by atoms with Gasteiger partial charge in [0.25, 0.3) is 0 Å². The average molecular weight is 315 g/mol. The lowest BCUT2D eigenvalue weighted by molar-refractivity contribution is 0.496. The van der Waals surface area contributed by atoms with E-state index in [0.717, 1.165) is 11.3 Å². The van der Waals surface area contributed by atoms with Gasteiger partial charge in [-0.1, -0.05) is 11.6 Å². The van der Waals surface area contributed by atoms with E-state index < -0.39 is 16.1 Å². The number of halogens is 1. The predicted octanol–water partition coefficient (Wildman–Crippen LogP) is 2.98. The summed E-state index contributed by atoms with van der Waals surface area (Å²) in [5.74, 6) is 1.43. The Labute approximate surface area is 123 Å². The molecule has 108 valence electrons. The van der Waals surface area contributed by atoms with Gasteiger partial charge in [-0.05, 0) is 32.9 Å². The normalized spacial score (nSPS) is 13.4. The summed E-state index contributed by atoms with van der Waals surface area (Å²) >= 11 is 5.90. The third-order valence-corrected chi connectivity index (χ3v) is 4.91. The van der Waals surface area contributed by atoms with Gasteiger partial charge in [0.1, 0.15) is 16.4 Å². The molecule has 0 fully saturated rings. The number of rotatable bonds is 4. The van der Waals surface area contributed by atoms with E-state index in [1.165, 1.54) is 18.5 Å². The van der Waals surface area contributed by atoms with Gasteiger partial charge in [-0.3, -0.25) is 4.98 Å². The van der Waals surface area contributed by atoms with Crippen molar-refractivity contribution >= 4 is 21.6 Å². The van der Waals surface area contributed by atoms with Crippen LogP contribution in [0.3, 0.4) is 0 Å². The fourth-order valence-electron chi connectivity index (χ4n) is 2.00. The molecule has 0 aliphatic rings. The van der Waals surface area contributed by atoms with Gasteiger partial charge in [0.15, 0.2) is 0 Å². The van der Waals surface area contributed by atoms with E-state index in [2.05, 4.69) is 9.71 Å². The van der Waals surface area contributed by atoms with Crippen molar-refractivity contribution in [2.24, 2.45) is 0 Å². The first-order valence-corrected chi connectivity index (χ1v) is 7.86. The summed E-state index contributed by atoms with van der Waals surface area (Å²) in [4.78, 5) is 3.76. The van der Waals surface area contributed by atoms with Crippen LogP contribution in [0.15, 0.2) is 33.8 Å². The van der Waals surface area contributed by atoms with Crippen molar-refractivity contribution in [3.63, 3.8) is 0 Å². The number of nitrogens with zero attached hydrogens (tertiary/aromatic N) is 1. The molecule has 0 saturated carbocycles. The lowest BCUT2D eigenvalue weighted by Gasteiger charge is -2.14. The summed E-state index contributed by atoms with van der Waals surface area (Å²) in [6, 6.07) is 2.83. The first-order valence-electron chi connectivity index (χ1n) is 6.00. The van der Waals surface area contributed by atoms with Crippen molar-refractivity contribution in [1.82, 2.24) is 9.71 Å². The summed E-state index contributed by atoms with van der Waals surface area (Å²) < 4.78 is 32.6. The van der Waals surface area contributed by atoms with E-state index in [9.17, 15) is 8.42 Å². The lowest BCUT2D eigenvalue weighted by Crippen LogP contribution is -2.27. The number of aryl methyl sites for hydroxylation is 2. The third-order valence-electron chi connectivity index (χ3n) is 2.90. The summed E-state index contributed by atoms with van der Waals surface area (Å²) in [6.07, 6.45) is 2.67. The Bertz CT molecular complexity index is 725. The number of nitrogens with one attached hydrogen (secondary N) is 1. The molecule has 0 amide bonds. The Morgan fingerprint density at radius 3 is 2.65 bits per heavy atom. The van der Waals surface area contributed by atoms with Crippen LogP contribution < -0.4 is 4.72 Å². The zero-order chi connectivity index (χ0) is 14.9. The van der Waals surface area contributed by atoms with Crippen LogP contribution in [-0.2, 0) is 10.0 Å². The van der Waals surface area contributed by atoms with Crippen LogP contribution in [0.2, 0.25) is 5.02 Å². The third kappa shape index (κ3) is 3.03. The van der Waals surface area contributed by atoms with E-state index in [1.54, 1.807) is 13.8 Å². The van der Waals surface area contributed by atoms with Crippen LogP contribution >= 0.6 is 11.6 Å². The van der Waals surface area contributed by atoms with Crippen molar-refractivity contribution < 1.29 is 12.8 Å². The van der Waals surface area contributed by atoms with E-state index >= 15 is 0 Å². The molecule has 0 aromatic carbocycles. The second-order valence-corrected chi connectivity index (χ2v) is 6.61. The molecule has 2 aromatic heterocycles. The van der Waals surface area contributed by atoms with Gasteiger partial charge < -0.3 is 4.42 Å².